The van der Waals surface area contributed by atoms with Gasteiger partial charge in [-0.25, -0.2) is 0 Å². The van der Waals surface area contributed by atoms with Crippen LogP contribution in [0.1, 0.15) is 25.5 Å². The van der Waals surface area contributed by atoms with E-state index in [4.69, 9.17) is 17.3 Å². The zero-order valence-corrected chi connectivity index (χ0v) is 13.2. The first-order valence-corrected chi connectivity index (χ1v) is 7.59. The summed E-state index contributed by atoms with van der Waals surface area (Å²) in [5.41, 5.74) is 7.23. The first-order chi connectivity index (χ1) is 8.52. The molecule has 18 heavy (non-hydrogen) atoms. The lowest BCUT2D eigenvalue weighted by atomic mass is 10.0. The molecule has 0 aromatic heterocycles. The average molecular weight is 332 g/mol. The van der Waals surface area contributed by atoms with Gasteiger partial charge in [-0.3, -0.25) is 4.90 Å². The van der Waals surface area contributed by atoms with Crippen LogP contribution < -0.4 is 5.73 Å². The van der Waals surface area contributed by atoms with E-state index in [1.165, 1.54) is 5.56 Å². The molecule has 1 aromatic rings. The first-order valence-electron chi connectivity index (χ1n) is 6.42. The molecule has 0 amide bonds. The molecule has 2 rings (SSSR count). The first kappa shape index (κ1) is 14.3. The predicted molar refractivity (Wildman–Crippen MR) is 80.8 cm³/mol. The fourth-order valence-corrected chi connectivity index (χ4v) is 3.62. The van der Waals surface area contributed by atoms with Gasteiger partial charge in [0, 0.05) is 35.2 Å². The van der Waals surface area contributed by atoms with E-state index in [2.05, 4.69) is 40.7 Å². The lowest BCUT2D eigenvalue weighted by Gasteiger charge is -2.28. The number of hydrogen-bond donors (Lipinski definition) is 1. The van der Waals surface area contributed by atoms with E-state index < -0.39 is 0 Å². The third-order valence-corrected chi connectivity index (χ3v) is 4.92. The molecule has 1 saturated heterocycles. The Kier molecular flexibility index (Phi) is 4.70. The van der Waals surface area contributed by atoms with E-state index in [-0.39, 0.29) is 6.04 Å². The quantitative estimate of drug-likeness (QED) is 0.915. The minimum absolute atomic E-state index is 0.282. The summed E-state index contributed by atoms with van der Waals surface area (Å²) in [6.45, 7) is 7.51. The molecule has 1 aromatic carbocycles. The molecular weight excluding hydrogens is 312 g/mol. The molecule has 0 saturated carbocycles. The highest BCUT2D eigenvalue weighted by molar-refractivity contribution is 9.10. The van der Waals surface area contributed by atoms with Crippen LogP contribution in [0.3, 0.4) is 0 Å². The third kappa shape index (κ3) is 2.90. The standard InChI is InChI=1S/C14H20BrClN2/c1-9-7-18(8-10(9)2)14(6-17)12-4-3-11(16)5-13(12)15/h3-5,9-10,14H,6-8,17H2,1-2H3. The van der Waals surface area contributed by atoms with Gasteiger partial charge in [-0.1, -0.05) is 47.4 Å². The number of rotatable bonds is 3. The van der Waals surface area contributed by atoms with Gasteiger partial charge in [0.25, 0.3) is 0 Å². The lowest BCUT2D eigenvalue weighted by Crippen LogP contribution is -2.32. The largest absolute Gasteiger partial charge is 0.329 e. The second kappa shape index (κ2) is 5.91. The van der Waals surface area contributed by atoms with Gasteiger partial charge in [0.2, 0.25) is 0 Å². The van der Waals surface area contributed by atoms with Crippen molar-refractivity contribution >= 4 is 27.5 Å². The summed E-state index contributed by atoms with van der Waals surface area (Å²) in [7, 11) is 0. The van der Waals surface area contributed by atoms with Gasteiger partial charge in [0.05, 0.1) is 0 Å². The summed E-state index contributed by atoms with van der Waals surface area (Å²) in [4.78, 5) is 2.49. The predicted octanol–water partition coefficient (Wildman–Crippen LogP) is 3.69. The zero-order valence-electron chi connectivity index (χ0n) is 10.9. The smallest absolute Gasteiger partial charge is 0.0481 e. The van der Waals surface area contributed by atoms with Crippen molar-refractivity contribution in [3.05, 3.63) is 33.3 Å². The van der Waals surface area contributed by atoms with E-state index >= 15 is 0 Å². The Labute approximate surface area is 123 Å². The van der Waals surface area contributed by atoms with Gasteiger partial charge < -0.3 is 5.73 Å². The number of nitrogens with two attached hydrogens (primary N) is 1. The minimum atomic E-state index is 0.282. The Morgan fingerprint density at radius 3 is 2.50 bits per heavy atom. The van der Waals surface area contributed by atoms with Crippen molar-refractivity contribution < 1.29 is 0 Å². The second-order valence-electron chi connectivity index (χ2n) is 5.33. The van der Waals surface area contributed by atoms with Crippen LogP contribution in [0.5, 0.6) is 0 Å². The topological polar surface area (TPSA) is 29.3 Å². The van der Waals surface area contributed by atoms with Crippen molar-refractivity contribution in [1.82, 2.24) is 4.90 Å². The molecule has 0 radical (unpaired) electrons. The van der Waals surface area contributed by atoms with E-state index in [0.717, 1.165) is 34.4 Å². The fourth-order valence-electron chi connectivity index (χ4n) is 2.67. The molecule has 1 fully saturated rings. The molecule has 3 atom stereocenters. The van der Waals surface area contributed by atoms with Gasteiger partial charge in [0.1, 0.15) is 0 Å². The van der Waals surface area contributed by atoms with Crippen LogP contribution in [-0.4, -0.2) is 24.5 Å². The molecule has 1 aliphatic rings. The van der Waals surface area contributed by atoms with Gasteiger partial charge in [-0.05, 0) is 29.5 Å². The van der Waals surface area contributed by atoms with E-state index in [1.807, 2.05) is 12.1 Å². The van der Waals surface area contributed by atoms with Gasteiger partial charge in [-0.15, -0.1) is 0 Å². The summed E-state index contributed by atoms with van der Waals surface area (Å²) in [5.74, 6) is 1.48. The number of benzene rings is 1. The highest BCUT2D eigenvalue weighted by Crippen LogP contribution is 2.34. The molecule has 1 heterocycles. The number of likely N-dealkylation sites (tertiary alicyclic amines) is 1. The minimum Gasteiger partial charge on any atom is -0.329 e. The molecule has 100 valence electrons. The van der Waals surface area contributed by atoms with Crippen LogP contribution in [0.4, 0.5) is 0 Å². The molecule has 2 nitrogen and oxygen atoms in total. The molecular formula is C14H20BrClN2. The Balaban J connectivity index is 2.23. The van der Waals surface area contributed by atoms with E-state index in [9.17, 15) is 0 Å². The molecule has 0 spiro atoms. The molecule has 1 aliphatic heterocycles. The van der Waals surface area contributed by atoms with Crippen molar-refractivity contribution in [2.75, 3.05) is 19.6 Å². The van der Waals surface area contributed by atoms with Gasteiger partial charge >= 0.3 is 0 Å². The molecule has 3 unspecified atom stereocenters. The highest BCUT2D eigenvalue weighted by atomic mass is 79.9. The number of nitrogens with zero attached hydrogens (tertiary/aromatic N) is 1. The zero-order chi connectivity index (χ0) is 13.3. The lowest BCUT2D eigenvalue weighted by molar-refractivity contribution is 0.239. The third-order valence-electron chi connectivity index (χ3n) is 4.00. The number of halogens is 2. The summed E-state index contributed by atoms with van der Waals surface area (Å²) >= 11 is 9.60. The van der Waals surface area contributed by atoms with Crippen molar-refractivity contribution in [2.45, 2.75) is 19.9 Å². The van der Waals surface area contributed by atoms with Crippen molar-refractivity contribution in [1.29, 1.82) is 0 Å². The molecule has 2 N–H and O–H groups in total. The van der Waals surface area contributed by atoms with Crippen molar-refractivity contribution in [2.24, 2.45) is 17.6 Å². The summed E-state index contributed by atoms with van der Waals surface area (Å²) in [6, 6.07) is 6.25. The molecule has 4 heteroatoms. The molecule has 0 aliphatic carbocycles. The monoisotopic (exact) mass is 330 g/mol. The van der Waals surface area contributed by atoms with Crippen LogP contribution in [0.2, 0.25) is 5.02 Å². The Bertz CT molecular complexity index is 414. The Morgan fingerprint density at radius 2 is 2.00 bits per heavy atom. The maximum atomic E-state index is 6.00. The maximum Gasteiger partial charge on any atom is 0.0481 e. The highest BCUT2D eigenvalue weighted by Gasteiger charge is 2.31. The van der Waals surface area contributed by atoms with Gasteiger partial charge in [-0.2, -0.15) is 0 Å². The Morgan fingerprint density at radius 1 is 1.39 bits per heavy atom. The molecule has 0 bridgehead atoms. The van der Waals surface area contributed by atoms with Crippen LogP contribution in [-0.2, 0) is 0 Å². The van der Waals surface area contributed by atoms with Crippen LogP contribution >= 0.6 is 27.5 Å². The fraction of sp³-hybridized carbons (Fsp3) is 0.571. The van der Waals surface area contributed by atoms with Crippen molar-refractivity contribution in [3.8, 4) is 0 Å². The normalized spacial score (nSPS) is 26.5. The van der Waals surface area contributed by atoms with Crippen molar-refractivity contribution in [3.63, 3.8) is 0 Å². The maximum absolute atomic E-state index is 6.00. The average Bonchev–Trinajstić information content (AvgIpc) is 2.63. The summed E-state index contributed by atoms with van der Waals surface area (Å²) in [6.07, 6.45) is 0. The van der Waals surface area contributed by atoms with Crippen LogP contribution in [0.15, 0.2) is 22.7 Å². The summed E-state index contributed by atoms with van der Waals surface area (Å²) < 4.78 is 1.05. The van der Waals surface area contributed by atoms with Gasteiger partial charge in [0.15, 0.2) is 0 Å². The second-order valence-corrected chi connectivity index (χ2v) is 6.62. The van der Waals surface area contributed by atoms with Crippen LogP contribution in [0.25, 0.3) is 0 Å². The van der Waals surface area contributed by atoms with E-state index in [1.54, 1.807) is 0 Å². The Hall–Kier alpha value is -0.0900. The SMILES string of the molecule is CC1CN(C(CN)c2ccc(Cl)cc2Br)CC1C. The van der Waals surface area contributed by atoms with E-state index in [0.29, 0.717) is 6.54 Å². The number of hydrogen-bond acceptors (Lipinski definition) is 2. The van der Waals surface area contributed by atoms with Crippen LogP contribution in [0, 0.1) is 11.8 Å². The summed E-state index contributed by atoms with van der Waals surface area (Å²) in [5, 5.41) is 0.754.